The van der Waals surface area contributed by atoms with E-state index in [4.69, 9.17) is 9.47 Å². The molecule has 1 fully saturated rings. The largest absolute Gasteiger partial charge is 0.377 e. The van der Waals surface area contributed by atoms with Crippen LogP contribution in [-0.2, 0) is 20.8 Å². The quantitative estimate of drug-likeness (QED) is 0.674. The molecule has 1 aromatic carbocycles. The zero-order valence-electron chi connectivity index (χ0n) is 19.5. The van der Waals surface area contributed by atoms with Crippen LogP contribution in [0.5, 0.6) is 0 Å². The molecule has 1 amide bonds. The molecule has 1 N–H and O–H groups in total. The van der Waals surface area contributed by atoms with E-state index in [0.29, 0.717) is 13.2 Å². The molecule has 0 spiro atoms. The van der Waals surface area contributed by atoms with Crippen LogP contribution < -0.4 is 10.2 Å². The number of anilines is 3. The van der Waals surface area contributed by atoms with Crippen LogP contribution in [-0.4, -0.2) is 36.3 Å². The molecule has 1 aromatic heterocycles. The van der Waals surface area contributed by atoms with Gasteiger partial charge in [-0.15, -0.1) is 0 Å². The highest BCUT2D eigenvalue weighted by molar-refractivity contribution is 6.00. The minimum absolute atomic E-state index is 0.0223. The molecule has 0 bridgehead atoms. The average Bonchev–Trinajstić information content (AvgIpc) is 3.00. The predicted molar refractivity (Wildman–Crippen MR) is 131 cm³/mol. The summed E-state index contributed by atoms with van der Waals surface area (Å²) in [6, 6.07) is 10.4. The van der Waals surface area contributed by atoms with Gasteiger partial charge in [-0.3, -0.25) is 4.79 Å². The Labute approximate surface area is 196 Å². The minimum Gasteiger partial charge on any atom is -0.377 e. The Hall–Kier alpha value is -2.70. The summed E-state index contributed by atoms with van der Waals surface area (Å²) in [4.78, 5) is 20.4. The highest BCUT2D eigenvalue weighted by Crippen LogP contribution is 2.39. The summed E-state index contributed by atoms with van der Waals surface area (Å²) >= 11 is 0. The summed E-state index contributed by atoms with van der Waals surface area (Å²) in [6.45, 7) is 6.06. The second-order valence-corrected chi connectivity index (χ2v) is 9.51. The van der Waals surface area contributed by atoms with Gasteiger partial charge in [0.2, 0.25) is 5.91 Å². The van der Waals surface area contributed by atoms with Gasteiger partial charge in [0, 0.05) is 17.7 Å². The van der Waals surface area contributed by atoms with Crippen molar-refractivity contribution in [1.82, 2.24) is 4.98 Å². The molecule has 6 nitrogen and oxygen atoms in total. The van der Waals surface area contributed by atoms with Gasteiger partial charge in [-0.2, -0.15) is 0 Å². The second kappa shape index (κ2) is 9.65. The molecule has 0 atom stereocenters. The van der Waals surface area contributed by atoms with Crippen LogP contribution in [0.3, 0.4) is 0 Å². The van der Waals surface area contributed by atoms with Crippen molar-refractivity contribution in [3.8, 4) is 0 Å². The van der Waals surface area contributed by atoms with Crippen LogP contribution in [0.2, 0.25) is 0 Å². The maximum atomic E-state index is 13.9. The molecule has 3 aliphatic rings. The first kappa shape index (κ1) is 22.1. The Morgan fingerprint density at radius 2 is 2.06 bits per heavy atom. The van der Waals surface area contributed by atoms with Gasteiger partial charge >= 0.3 is 0 Å². The number of carbonyl (C=O) groups is 1. The van der Waals surface area contributed by atoms with Gasteiger partial charge in [-0.05, 0) is 75.3 Å². The molecule has 0 unspecified atom stereocenters. The van der Waals surface area contributed by atoms with Gasteiger partial charge in [-0.25, -0.2) is 4.98 Å². The molecule has 6 heteroatoms. The van der Waals surface area contributed by atoms with Gasteiger partial charge in [0.15, 0.2) is 0 Å². The molecular weight excluding hydrogens is 414 g/mol. The number of ether oxygens (including phenoxy) is 2. The van der Waals surface area contributed by atoms with E-state index in [1.165, 1.54) is 5.57 Å². The molecule has 0 saturated heterocycles. The number of benzene rings is 1. The summed E-state index contributed by atoms with van der Waals surface area (Å²) in [6.07, 6.45) is 8.96. The first-order valence-electron chi connectivity index (χ1n) is 12.2. The van der Waals surface area contributed by atoms with Gasteiger partial charge in [-0.1, -0.05) is 18.2 Å². The number of nitrogens with zero attached hydrogens (tertiary/aromatic N) is 2. The Bertz CT molecular complexity index is 1040. The molecular formula is C27H33N3O3. The Kier molecular flexibility index (Phi) is 6.47. The molecule has 0 radical (unpaired) electrons. The number of nitrogens with one attached hydrogen (secondary N) is 1. The lowest BCUT2D eigenvalue weighted by atomic mass is 9.86. The third-order valence-electron chi connectivity index (χ3n) is 6.85. The van der Waals surface area contributed by atoms with E-state index in [1.807, 2.05) is 11.0 Å². The summed E-state index contributed by atoms with van der Waals surface area (Å²) in [5.74, 6) is 1.05. The van der Waals surface area contributed by atoms with Crippen LogP contribution in [0, 0.1) is 5.92 Å². The third kappa shape index (κ3) is 4.82. The first-order valence-corrected chi connectivity index (χ1v) is 12.2. The number of pyridine rings is 1. The van der Waals surface area contributed by atoms with E-state index in [2.05, 4.69) is 54.5 Å². The topological polar surface area (TPSA) is 63.7 Å². The van der Waals surface area contributed by atoms with Gasteiger partial charge in [0.25, 0.3) is 0 Å². The Balaban J connectivity index is 1.45. The number of aromatic nitrogens is 1. The number of hydrogen-bond donors (Lipinski definition) is 1. The number of hydrogen-bond acceptors (Lipinski definition) is 5. The van der Waals surface area contributed by atoms with Crippen molar-refractivity contribution in [2.45, 2.75) is 64.7 Å². The monoisotopic (exact) mass is 447 g/mol. The summed E-state index contributed by atoms with van der Waals surface area (Å²) in [5.41, 5.74) is 5.33. The second-order valence-electron chi connectivity index (χ2n) is 9.51. The Morgan fingerprint density at radius 1 is 1.21 bits per heavy atom. The number of rotatable bonds is 4. The number of fused-ring (bicyclic) bond motifs is 2. The normalized spacial score (nSPS) is 22.6. The standard InChI is InChI=1S/C27H33N3O3/c1-18(2)33-23-8-5-20(6-9-23)27(31)30-17-22-4-3-13-28-26(22)29-24-10-7-21(16-25(24)30)19-11-14-32-15-12-19/h3-4,7,10-11,13,16,18,20,23H,5-6,8-9,12,14-15,17H2,1-2H3,(H,28,29)/t20-,23-. The van der Waals surface area contributed by atoms with E-state index in [-0.39, 0.29) is 24.0 Å². The lowest BCUT2D eigenvalue weighted by Gasteiger charge is -2.33. The van der Waals surface area contributed by atoms with E-state index in [9.17, 15) is 4.79 Å². The molecule has 1 aliphatic carbocycles. The molecule has 5 rings (SSSR count). The molecule has 33 heavy (non-hydrogen) atoms. The van der Waals surface area contributed by atoms with Crippen molar-refractivity contribution in [2.24, 2.45) is 5.92 Å². The number of carbonyl (C=O) groups excluding carboxylic acids is 1. The SMILES string of the molecule is CC(C)O[C@H]1CC[C@H](C(=O)N2Cc3cccnc3Nc3ccc(C4=CCOCC4)cc32)CC1. The van der Waals surface area contributed by atoms with Crippen LogP contribution in [0.1, 0.15) is 57.1 Å². The van der Waals surface area contributed by atoms with Crippen molar-refractivity contribution in [3.05, 3.63) is 53.7 Å². The summed E-state index contributed by atoms with van der Waals surface area (Å²) in [7, 11) is 0. The molecule has 2 aliphatic heterocycles. The van der Waals surface area contributed by atoms with Gasteiger partial charge in [0.05, 0.1) is 43.3 Å². The summed E-state index contributed by atoms with van der Waals surface area (Å²) in [5, 5.41) is 3.48. The molecule has 1 saturated carbocycles. The van der Waals surface area contributed by atoms with Crippen molar-refractivity contribution in [1.29, 1.82) is 0 Å². The predicted octanol–water partition coefficient (Wildman–Crippen LogP) is 5.46. The van der Waals surface area contributed by atoms with Gasteiger partial charge < -0.3 is 19.7 Å². The summed E-state index contributed by atoms with van der Waals surface area (Å²) < 4.78 is 11.5. The smallest absolute Gasteiger partial charge is 0.230 e. The van der Waals surface area contributed by atoms with Crippen molar-refractivity contribution in [2.75, 3.05) is 23.4 Å². The van der Waals surface area contributed by atoms with Crippen molar-refractivity contribution < 1.29 is 14.3 Å². The van der Waals surface area contributed by atoms with Crippen LogP contribution in [0.4, 0.5) is 17.2 Å². The fourth-order valence-corrected chi connectivity index (χ4v) is 5.16. The highest BCUT2D eigenvalue weighted by atomic mass is 16.5. The van der Waals surface area contributed by atoms with E-state index >= 15 is 0 Å². The minimum atomic E-state index is 0.0223. The highest BCUT2D eigenvalue weighted by Gasteiger charge is 2.33. The van der Waals surface area contributed by atoms with E-state index in [1.54, 1.807) is 6.20 Å². The average molecular weight is 448 g/mol. The van der Waals surface area contributed by atoms with Crippen LogP contribution >= 0.6 is 0 Å². The maximum absolute atomic E-state index is 13.9. The number of amides is 1. The van der Waals surface area contributed by atoms with Crippen molar-refractivity contribution >= 4 is 28.7 Å². The van der Waals surface area contributed by atoms with Crippen molar-refractivity contribution in [3.63, 3.8) is 0 Å². The molecule has 2 aromatic rings. The molecule has 174 valence electrons. The van der Waals surface area contributed by atoms with E-state index < -0.39 is 0 Å². The van der Waals surface area contributed by atoms with Crippen LogP contribution in [0.15, 0.2) is 42.6 Å². The maximum Gasteiger partial charge on any atom is 0.230 e. The zero-order chi connectivity index (χ0) is 22.8. The lowest BCUT2D eigenvalue weighted by Crippen LogP contribution is -2.38. The fraction of sp³-hybridized carbons (Fsp3) is 0.481. The zero-order valence-corrected chi connectivity index (χ0v) is 19.5. The fourth-order valence-electron chi connectivity index (χ4n) is 5.16. The Morgan fingerprint density at radius 3 is 2.82 bits per heavy atom. The molecule has 3 heterocycles. The van der Waals surface area contributed by atoms with E-state index in [0.717, 1.165) is 67.0 Å². The third-order valence-corrected chi connectivity index (χ3v) is 6.85. The van der Waals surface area contributed by atoms with Crippen LogP contribution in [0.25, 0.3) is 5.57 Å². The lowest BCUT2D eigenvalue weighted by molar-refractivity contribution is -0.124. The first-order chi connectivity index (χ1) is 16.1. The van der Waals surface area contributed by atoms with Gasteiger partial charge in [0.1, 0.15) is 5.82 Å².